The van der Waals surface area contributed by atoms with Gasteiger partial charge in [-0.3, -0.25) is 0 Å². The van der Waals surface area contributed by atoms with Crippen LogP contribution in [0.4, 0.5) is 8.78 Å². The van der Waals surface area contributed by atoms with Gasteiger partial charge in [0, 0.05) is 17.5 Å². The van der Waals surface area contributed by atoms with Gasteiger partial charge in [-0.1, -0.05) is 43.7 Å². The van der Waals surface area contributed by atoms with Crippen molar-refractivity contribution in [1.29, 1.82) is 0 Å². The molecular weight excluding hydrogens is 336 g/mol. The van der Waals surface area contributed by atoms with Crippen LogP contribution in [-0.2, 0) is 12.0 Å². The number of nitrogens with two attached hydrogens (primary N) is 1. The lowest BCUT2D eigenvalue weighted by atomic mass is 9.81. The van der Waals surface area contributed by atoms with Crippen molar-refractivity contribution in [2.75, 3.05) is 0 Å². The second-order valence-corrected chi connectivity index (χ2v) is 6.13. The molecule has 1 atom stereocenters. The second kappa shape index (κ2) is 6.67. The van der Waals surface area contributed by atoms with Gasteiger partial charge in [0.05, 0.1) is 4.47 Å². The van der Waals surface area contributed by atoms with Gasteiger partial charge in [0.2, 0.25) is 0 Å². The highest BCUT2D eigenvalue weighted by Crippen LogP contribution is 2.32. The molecule has 2 N–H and O–H groups in total. The summed E-state index contributed by atoms with van der Waals surface area (Å²) < 4.78 is 28.5. The third-order valence-corrected chi connectivity index (χ3v) is 4.29. The molecule has 0 heterocycles. The zero-order valence-corrected chi connectivity index (χ0v) is 13.5. The first kappa shape index (κ1) is 16.1. The summed E-state index contributed by atoms with van der Waals surface area (Å²) in [5, 5.41) is 0. The Morgan fingerprint density at radius 3 is 2.38 bits per heavy atom. The Labute approximate surface area is 132 Å². The van der Waals surface area contributed by atoms with Gasteiger partial charge in [-0.05, 0) is 40.0 Å². The van der Waals surface area contributed by atoms with E-state index in [4.69, 9.17) is 5.73 Å². The Kier molecular flexibility index (Phi) is 5.12. The van der Waals surface area contributed by atoms with Crippen LogP contribution < -0.4 is 5.73 Å². The lowest BCUT2D eigenvalue weighted by Gasteiger charge is -2.30. The van der Waals surface area contributed by atoms with Crippen LogP contribution in [0.15, 0.2) is 46.9 Å². The highest BCUT2D eigenvalue weighted by Gasteiger charge is 2.29. The van der Waals surface area contributed by atoms with E-state index in [2.05, 4.69) is 15.9 Å². The van der Waals surface area contributed by atoms with Gasteiger partial charge in [-0.15, -0.1) is 0 Å². The molecule has 0 spiro atoms. The van der Waals surface area contributed by atoms with E-state index in [9.17, 15) is 8.78 Å². The van der Waals surface area contributed by atoms with Crippen molar-refractivity contribution < 1.29 is 8.78 Å². The molecule has 112 valence electrons. The van der Waals surface area contributed by atoms with Crippen LogP contribution in [0.1, 0.15) is 30.9 Å². The van der Waals surface area contributed by atoms with E-state index in [0.29, 0.717) is 6.42 Å². The predicted molar refractivity (Wildman–Crippen MR) is 85.0 cm³/mol. The van der Waals surface area contributed by atoms with Crippen LogP contribution in [0.5, 0.6) is 0 Å². The average Bonchev–Trinajstić information content (AvgIpc) is 2.49. The Bertz CT molecular complexity index is 616. The van der Waals surface area contributed by atoms with Crippen LogP contribution in [0.3, 0.4) is 0 Å². The molecule has 2 aromatic rings. The summed E-state index contributed by atoms with van der Waals surface area (Å²) >= 11 is 3.10. The molecule has 2 rings (SSSR count). The third kappa shape index (κ3) is 3.50. The van der Waals surface area contributed by atoms with E-state index in [-0.39, 0.29) is 16.5 Å². The SMILES string of the molecule is CCCC(N)(Cc1c(F)ccc(Br)c1F)c1ccccc1. The monoisotopic (exact) mass is 353 g/mol. The molecule has 0 radical (unpaired) electrons. The third-order valence-electron chi connectivity index (χ3n) is 3.68. The molecule has 0 saturated heterocycles. The van der Waals surface area contributed by atoms with Gasteiger partial charge >= 0.3 is 0 Å². The van der Waals surface area contributed by atoms with E-state index < -0.39 is 17.2 Å². The largest absolute Gasteiger partial charge is 0.321 e. The minimum atomic E-state index is -0.779. The van der Waals surface area contributed by atoms with Crippen molar-refractivity contribution in [3.63, 3.8) is 0 Å². The van der Waals surface area contributed by atoms with Gasteiger partial charge in [0.25, 0.3) is 0 Å². The van der Waals surface area contributed by atoms with Crippen LogP contribution in [0, 0.1) is 11.6 Å². The topological polar surface area (TPSA) is 26.0 Å². The second-order valence-electron chi connectivity index (χ2n) is 5.27. The Balaban J connectivity index is 2.44. The maximum absolute atomic E-state index is 14.2. The van der Waals surface area contributed by atoms with Crippen molar-refractivity contribution in [3.8, 4) is 0 Å². The number of benzene rings is 2. The zero-order chi connectivity index (χ0) is 15.5. The molecule has 0 aliphatic rings. The highest BCUT2D eigenvalue weighted by atomic mass is 79.9. The Morgan fingerprint density at radius 2 is 1.76 bits per heavy atom. The quantitative estimate of drug-likeness (QED) is 0.758. The summed E-state index contributed by atoms with van der Waals surface area (Å²) in [5.41, 5.74) is 6.65. The van der Waals surface area contributed by atoms with Crippen molar-refractivity contribution in [3.05, 3.63) is 69.7 Å². The fourth-order valence-electron chi connectivity index (χ4n) is 2.60. The van der Waals surface area contributed by atoms with Gasteiger partial charge in [0.1, 0.15) is 11.6 Å². The molecule has 0 saturated carbocycles. The highest BCUT2D eigenvalue weighted by molar-refractivity contribution is 9.10. The molecule has 0 aliphatic heterocycles. The first-order valence-corrected chi connectivity index (χ1v) is 7.74. The fourth-order valence-corrected chi connectivity index (χ4v) is 2.97. The van der Waals surface area contributed by atoms with Crippen molar-refractivity contribution in [2.24, 2.45) is 5.73 Å². The van der Waals surface area contributed by atoms with Crippen molar-refractivity contribution in [1.82, 2.24) is 0 Å². The molecule has 0 aromatic heterocycles. The summed E-state index contributed by atoms with van der Waals surface area (Å²) in [6.45, 7) is 2.01. The van der Waals surface area contributed by atoms with E-state index in [0.717, 1.165) is 12.0 Å². The Morgan fingerprint density at radius 1 is 1.10 bits per heavy atom. The fraction of sp³-hybridized carbons (Fsp3) is 0.294. The molecule has 0 bridgehead atoms. The number of hydrogen-bond donors (Lipinski definition) is 1. The molecule has 0 amide bonds. The predicted octanol–water partition coefficient (Wildman–Crippen LogP) is 4.92. The molecule has 1 nitrogen and oxygen atoms in total. The lowest BCUT2D eigenvalue weighted by molar-refractivity contribution is 0.384. The molecular formula is C17H18BrF2N. The standard InChI is InChI=1S/C17H18BrF2N/c1-2-10-17(21,12-6-4-3-5-7-12)11-13-15(19)9-8-14(18)16(13)20/h3-9H,2,10-11,21H2,1H3. The van der Waals surface area contributed by atoms with Crippen molar-refractivity contribution >= 4 is 15.9 Å². The average molecular weight is 354 g/mol. The lowest BCUT2D eigenvalue weighted by Crippen LogP contribution is -2.39. The number of rotatable bonds is 5. The van der Waals surface area contributed by atoms with Crippen LogP contribution in [-0.4, -0.2) is 0 Å². The molecule has 2 aromatic carbocycles. The first-order chi connectivity index (χ1) is 9.98. The first-order valence-electron chi connectivity index (χ1n) is 6.94. The van der Waals surface area contributed by atoms with Crippen LogP contribution in [0.25, 0.3) is 0 Å². The molecule has 4 heteroatoms. The summed E-state index contributed by atoms with van der Waals surface area (Å²) in [6.07, 6.45) is 1.62. The van der Waals surface area contributed by atoms with E-state index in [1.165, 1.54) is 12.1 Å². The van der Waals surface area contributed by atoms with E-state index >= 15 is 0 Å². The smallest absolute Gasteiger partial charge is 0.143 e. The van der Waals surface area contributed by atoms with Gasteiger partial charge < -0.3 is 5.73 Å². The minimum absolute atomic E-state index is 0.0316. The minimum Gasteiger partial charge on any atom is -0.321 e. The van der Waals surface area contributed by atoms with Crippen LogP contribution in [0.2, 0.25) is 0 Å². The molecule has 1 unspecified atom stereocenters. The number of hydrogen-bond acceptors (Lipinski definition) is 1. The normalized spacial score (nSPS) is 14.0. The van der Waals surface area contributed by atoms with Gasteiger partial charge in [-0.2, -0.15) is 0 Å². The maximum atomic E-state index is 14.2. The maximum Gasteiger partial charge on any atom is 0.143 e. The van der Waals surface area contributed by atoms with Gasteiger partial charge in [-0.25, -0.2) is 8.78 Å². The summed E-state index contributed by atoms with van der Waals surface area (Å²) in [7, 11) is 0. The molecule has 21 heavy (non-hydrogen) atoms. The van der Waals surface area contributed by atoms with E-state index in [1.54, 1.807) is 0 Å². The van der Waals surface area contributed by atoms with E-state index in [1.807, 2.05) is 37.3 Å². The molecule has 0 aliphatic carbocycles. The van der Waals surface area contributed by atoms with Gasteiger partial charge in [0.15, 0.2) is 0 Å². The number of halogens is 3. The molecule has 0 fully saturated rings. The summed E-state index contributed by atoms with van der Waals surface area (Å²) in [6, 6.07) is 12.1. The zero-order valence-electron chi connectivity index (χ0n) is 11.9. The van der Waals surface area contributed by atoms with Crippen molar-refractivity contribution in [2.45, 2.75) is 31.7 Å². The summed E-state index contributed by atoms with van der Waals surface area (Å²) in [5.74, 6) is -1.13. The Hall–Kier alpha value is -1.26. The van der Waals surface area contributed by atoms with Crippen LogP contribution >= 0.6 is 15.9 Å². The summed E-state index contributed by atoms with van der Waals surface area (Å²) in [4.78, 5) is 0.